The molecule has 1 saturated heterocycles. The third-order valence-electron chi connectivity index (χ3n) is 3.77. The van der Waals surface area contributed by atoms with Gasteiger partial charge in [-0.1, -0.05) is 0 Å². The van der Waals surface area contributed by atoms with Gasteiger partial charge in [0.1, 0.15) is 0 Å². The summed E-state index contributed by atoms with van der Waals surface area (Å²) in [6, 6.07) is 0.194. The topological polar surface area (TPSA) is 118 Å². The first-order chi connectivity index (χ1) is 10.7. The zero-order chi connectivity index (χ0) is 17.4. The van der Waals surface area contributed by atoms with Gasteiger partial charge >= 0.3 is 6.01 Å². The molecule has 0 bridgehead atoms. The average Bonchev–Trinajstić information content (AvgIpc) is 3.01. The number of carbonyl (C=O) groups is 1. The highest BCUT2D eigenvalue weighted by Crippen LogP contribution is 2.21. The van der Waals surface area contributed by atoms with Crippen molar-refractivity contribution in [1.29, 1.82) is 0 Å². The first-order valence-electron chi connectivity index (χ1n) is 6.98. The molecule has 1 amide bonds. The Labute approximate surface area is 134 Å². The second-order valence-electron chi connectivity index (χ2n) is 5.64. The number of sulfonamides is 1. The fourth-order valence-corrected chi connectivity index (χ4v) is 3.55. The maximum absolute atomic E-state index is 12.4. The quantitative estimate of drug-likeness (QED) is 0.664. The summed E-state index contributed by atoms with van der Waals surface area (Å²) in [5, 5.41) is 14.0. The Morgan fingerprint density at radius 1 is 1.43 bits per heavy atom. The monoisotopic (exact) mass is 347 g/mol. The van der Waals surface area contributed by atoms with E-state index in [1.807, 2.05) is 0 Å². The van der Waals surface area contributed by atoms with Gasteiger partial charge in [-0.05, 0) is 0 Å². The van der Waals surface area contributed by atoms with Gasteiger partial charge in [-0.3, -0.25) is 4.79 Å². The molecule has 1 fully saturated rings. The minimum atomic E-state index is -3.45. The molecule has 0 saturated carbocycles. The number of aliphatic hydroxyl groups is 1. The van der Waals surface area contributed by atoms with E-state index in [-0.39, 0.29) is 30.7 Å². The van der Waals surface area contributed by atoms with E-state index in [4.69, 9.17) is 4.74 Å². The van der Waals surface area contributed by atoms with Crippen LogP contribution in [0.25, 0.3) is 0 Å². The molecule has 0 unspecified atom stereocenters. The summed E-state index contributed by atoms with van der Waals surface area (Å²) in [7, 11) is 2.42. The predicted molar refractivity (Wildman–Crippen MR) is 80.4 cm³/mol. The number of hydrogen-bond donors (Lipinski definition) is 1. The Morgan fingerprint density at radius 3 is 2.61 bits per heavy atom. The number of aromatic nitrogens is 3. The Morgan fingerprint density at radius 2 is 2.09 bits per heavy atom. The van der Waals surface area contributed by atoms with Gasteiger partial charge in [0, 0.05) is 40.2 Å². The number of nitrogens with zero attached hydrogens (tertiary/aromatic N) is 5. The third kappa shape index (κ3) is 3.62. The minimum Gasteiger partial charge on any atom is -0.467 e. The number of methoxy groups -OCH3 is 1. The van der Waals surface area contributed by atoms with Crippen molar-refractivity contribution in [3.8, 4) is 6.01 Å². The maximum Gasteiger partial charge on any atom is 0.314 e. The highest BCUT2D eigenvalue weighted by Gasteiger charge is 2.38. The summed E-state index contributed by atoms with van der Waals surface area (Å²) in [5.74, 6) is -1.28. The molecule has 1 N–H and O–H groups in total. The van der Waals surface area contributed by atoms with Crippen molar-refractivity contribution < 1.29 is 23.1 Å². The molecule has 0 aromatic carbocycles. The van der Waals surface area contributed by atoms with Crippen molar-refractivity contribution in [3.63, 3.8) is 0 Å². The summed E-state index contributed by atoms with van der Waals surface area (Å²) in [6.45, 7) is 0.181. The second-order valence-corrected chi connectivity index (χ2v) is 7.87. The first-order valence-corrected chi connectivity index (χ1v) is 8.59. The fraction of sp³-hybridized carbons (Fsp3) is 0.750. The summed E-state index contributed by atoms with van der Waals surface area (Å²) >= 11 is 0. The highest BCUT2D eigenvalue weighted by atomic mass is 32.2. The number of β-amino-alcohol motifs (C(OH)–C–C–N with tert-alkyl or cyclic N) is 1. The number of aliphatic hydroxyl groups excluding tert-OH is 1. The van der Waals surface area contributed by atoms with E-state index in [2.05, 4.69) is 10.1 Å². The van der Waals surface area contributed by atoms with Crippen molar-refractivity contribution in [2.24, 2.45) is 13.0 Å². The number of ether oxygens (including phenoxy) is 1. The Balaban J connectivity index is 2.09. The van der Waals surface area contributed by atoms with Gasteiger partial charge in [0.15, 0.2) is 0 Å². The van der Waals surface area contributed by atoms with Crippen LogP contribution >= 0.6 is 0 Å². The van der Waals surface area contributed by atoms with Gasteiger partial charge in [0.2, 0.25) is 15.8 Å². The zero-order valence-electron chi connectivity index (χ0n) is 13.5. The van der Waals surface area contributed by atoms with Crippen molar-refractivity contribution in [1.82, 2.24) is 24.0 Å². The van der Waals surface area contributed by atoms with E-state index in [0.717, 1.165) is 4.31 Å². The zero-order valence-corrected chi connectivity index (χ0v) is 14.3. The lowest BCUT2D eigenvalue weighted by molar-refractivity contribution is 0.0752. The van der Waals surface area contributed by atoms with Crippen molar-refractivity contribution >= 4 is 15.9 Å². The van der Waals surface area contributed by atoms with Gasteiger partial charge in [0.05, 0.1) is 19.0 Å². The lowest BCUT2D eigenvalue weighted by Crippen LogP contribution is -2.33. The van der Waals surface area contributed by atoms with Crippen LogP contribution in [-0.2, 0) is 17.1 Å². The number of aryl methyl sites for hydroxylation is 1. The molecule has 2 atom stereocenters. The SMILES string of the molecule is COc1nc(C(=O)N2C[C@@H](CS(=O)(=O)N(C)C)[C@@H](O)C2)nn1C. The van der Waals surface area contributed by atoms with Crippen LogP contribution in [0.1, 0.15) is 10.6 Å². The molecule has 1 aromatic rings. The standard InChI is InChI=1S/C12H21N5O5S/c1-15(2)23(20,21)7-8-5-17(6-9(8)18)11(19)10-13-12(22-4)16(3)14-10/h8-9,18H,5-7H2,1-4H3/t8-,9-/m0/s1. The largest absolute Gasteiger partial charge is 0.467 e. The molecule has 2 heterocycles. The van der Waals surface area contributed by atoms with Gasteiger partial charge in [-0.25, -0.2) is 17.4 Å². The van der Waals surface area contributed by atoms with Gasteiger partial charge in [-0.2, -0.15) is 4.98 Å². The van der Waals surface area contributed by atoms with E-state index >= 15 is 0 Å². The summed E-state index contributed by atoms with van der Waals surface area (Å²) in [4.78, 5) is 17.7. The molecule has 1 aliphatic heterocycles. The van der Waals surface area contributed by atoms with Crippen LogP contribution in [0, 0.1) is 5.92 Å². The second kappa shape index (κ2) is 6.42. The Kier molecular flexibility index (Phi) is 4.92. The summed E-state index contributed by atoms with van der Waals surface area (Å²) in [5.41, 5.74) is 0. The molecule has 23 heavy (non-hydrogen) atoms. The lowest BCUT2D eigenvalue weighted by Gasteiger charge is -2.17. The minimum absolute atomic E-state index is 0.0485. The number of likely N-dealkylation sites (tertiary alicyclic amines) is 1. The average molecular weight is 347 g/mol. The lowest BCUT2D eigenvalue weighted by atomic mass is 10.1. The predicted octanol–water partition coefficient (Wildman–Crippen LogP) is -1.85. The highest BCUT2D eigenvalue weighted by molar-refractivity contribution is 7.89. The van der Waals surface area contributed by atoms with Crippen LogP contribution in [0.3, 0.4) is 0 Å². The molecule has 2 rings (SSSR count). The van der Waals surface area contributed by atoms with E-state index in [0.29, 0.717) is 0 Å². The van der Waals surface area contributed by atoms with E-state index < -0.39 is 28.0 Å². The van der Waals surface area contributed by atoms with Crippen LogP contribution in [0.15, 0.2) is 0 Å². The number of rotatable bonds is 5. The van der Waals surface area contributed by atoms with Crippen molar-refractivity contribution in [3.05, 3.63) is 5.82 Å². The molecule has 10 nitrogen and oxygen atoms in total. The molecule has 0 spiro atoms. The van der Waals surface area contributed by atoms with Crippen molar-refractivity contribution in [2.45, 2.75) is 6.10 Å². The Bertz CT molecular complexity index is 686. The smallest absolute Gasteiger partial charge is 0.314 e. The maximum atomic E-state index is 12.4. The molecular weight excluding hydrogens is 326 g/mol. The molecule has 130 valence electrons. The van der Waals surface area contributed by atoms with Crippen LogP contribution in [0.4, 0.5) is 0 Å². The normalized spacial score (nSPS) is 21.9. The molecule has 1 aliphatic rings. The Hall–Kier alpha value is -1.72. The molecule has 11 heteroatoms. The van der Waals surface area contributed by atoms with Crippen LogP contribution in [-0.4, -0.2) is 89.6 Å². The van der Waals surface area contributed by atoms with E-state index in [1.54, 1.807) is 7.05 Å². The number of amides is 1. The fourth-order valence-electron chi connectivity index (χ4n) is 2.38. The summed E-state index contributed by atoms with van der Waals surface area (Å²) in [6.07, 6.45) is -0.903. The molecule has 1 aromatic heterocycles. The van der Waals surface area contributed by atoms with Gasteiger partial charge in [0.25, 0.3) is 5.91 Å². The number of carbonyl (C=O) groups excluding carboxylic acids is 1. The molecular formula is C12H21N5O5S. The van der Waals surface area contributed by atoms with Crippen LogP contribution in [0.5, 0.6) is 6.01 Å². The summed E-state index contributed by atoms with van der Waals surface area (Å²) < 4.78 is 31.3. The van der Waals surface area contributed by atoms with E-state index in [9.17, 15) is 18.3 Å². The molecule has 0 aliphatic carbocycles. The van der Waals surface area contributed by atoms with Gasteiger partial charge < -0.3 is 14.7 Å². The van der Waals surface area contributed by atoms with Crippen LogP contribution < -0.4 is 4.74 Å². The van der Waals surface area contributed by atoms with E-state index in [1.165, 1.54) is 30.8 Å². The van der Waals surface area contributed by atoms with Gasteiger partial charge in [-0.15, -0.1) is 5.10 Å². The van der Waals surface area contributed by atoms with Crippen molar-refractivity contribution in [2.75, 3.05) is 40.0 Å². The first kappa shape index (κ1) is 17.6. The number of hydrogen-bond acceptors (Lipinski definition) is 7. The van der Waals surface area contributed by atoms with Crippen LogP contribution in [0.2, 0.25) is 0 Å². The molecule has 0 radical (unpaired) electrons. The third-order valence-corrected chi connectivity index (χ3v) is 5.73.